The smallest absolute Gasteiger partial charge is 0.322 e. The number of ether oxygens (including phenoxy) is 1. The maximum absolute atomic E-state index is 5.51. The maximum Gasteiger partial charge on any atom is 0.322 e. The Morgan fingerprint density at radius 3 is 2.59 bits per heavy atom. The van der Waals surface area contributed by atoms with Gasteiger partial charge in [-0.05, 0) is 26.0 Å². The first-order valence-corrected chi connectivity index (χ1v) is 6.93. The van der Waals surface area contributed by atoms with Gasteiger partial charge in [0.25, 0.3) is 0 Å². The van der Waals surface area contributed by atoms with E-state index in [2.05, 4.69) is 34.1 Å². The third-order valence-electron chi connectivity index (χ3n) is 1.74. The van der Waals surface area contributed by atoms with E-state index in [0.29, 0.717) is 17.1 Å². The zero-order chi connectivity index (χ0) is 12.7. The highest BCUT2D eigenvalue weighted by molar-refractivity contribution is 7.99. The molecule has 0 saturated carbocycles. The Labute approximate surface area is 107 Å². The predicted molar refractivity (Wildman–Crippen MR) is 70.8 cm³/mol. The van der Waals surface area contributed by atoms with Gasteiger partial charge in [-0.15, -0.1) is 0 Å². The summed E-state index contributed by atoms with van der Waals surface area (Å²) in [5, 5.41) is 3.86. The van der Waals surface area contributed by atoms with Crippen LogP contribution in [0.1, 0.15) is 34.1 Å². The molecule has 0 aromatic carbocycles. The van der Waals surface area contributed by atoms with Crippen LogP contribution in [0.5, 0.6) is 6.01 Å². The van der Waals surface area contributed by atoms with Gasteiger partial charge in [0.2, 0.25) is 5.95 Å². The molecule has 0 amide bonds. The Bertz CT molecular complexity index is 346. The van der Waals surface area contributed by atoms with E-state index in [1.54, 1.807) is 11.8 Å². The highest BCUT2D eigenvalue weighted by Crippen LogP contribution is 2.17. The van der Waals surface area contributed by atoms with Crippen molar-refractivity contribution in [2.75, 3.05) is 17.6 Å². The van der Waals surface area contributed by atoms with Crippen molar-refractivity contribution in [1.29, 1.82) is 0 Å². The number of nitrogens with one attached hydrogen (secondary N) is 1. The quantitative estimate of drug-likeness (QED) is 0.757. The predicted octanol–water partition coefficient (Wildman–Crippen LogP) is 2.59. The molecule has 1 N–H and O–H groups in total. The summed E-state index contributed by atoms with van der Waals surface area (Å²) < 4.78 is 5.51. The molecule has 1 aromatic heterocycles. The van der Waals surface area contributed by atoms with Crippen molar-refractivity contribution in [3.05, 3.63) is 0 Å². The molecule has 0 atom stereocenters. The zero-order valence-corrected chi connectivity index (χ0v) is 11.7. The molecule has 1 rings (SSSR count). The largest absolute Gasteiger partial charge is 0.461 e. The van der Waals surface area contributed by atoms with Crippen molar-refractivity contribution in [2.24, 2.45) is 0 Å². The second-order valence-electron chi connectivity index (χ2n) is 3.75. The molecule has 1 heterocycles. The van der Waals surface area contributed by atoms with E-state index in [-0.39, 0.29) is 6.10 Å². The van der Waals surface area contributed by atoms with Crippen LogP contribution in [-0.4, -0.2) is 33.4 Å². The Balaban J connectivity index is 2.84. The molecule has 6 heteroatoms. The van der Waals surface area contributed by atoms with E-state index in [9.17, 15) is 0 Å². The van der Waals surface area contributed by atoms with Crippen molar-refractivity contribution >= 4 is 17.7 Å². The van der Waals surface area contributed by atoms with Crippen LogP contribution in [0.4, 0.5) is 5.95 Å². The molecule has 5 nitrogen and oxygen atoms in total. The third kappa shape index (κ3) is 5.21. The average molecular weight is 256 g/mol. The van der Waals surface area contributed by atoms with E-state index in [4.69, 9.17) is 4.74 Å². The van der Waals surface area contributed by atoms with E-state index in [0.717, 1.165) is 18.7 Å². The number of nitrogens with zero attached hydrogens (tertiary/aromatic N) is 3. The minimum Gasteiger partial charge on any atom is -0.461 e. The first-order valence-electron chi connectivity index (χ1n) is 5.95. The molecule has 0 unspecified atom stereocenters. The number of aromatic nitrogens is 3. The van der Waals surface area contributed by atoms with Crippen molar-refractivity contribution in [1.82, 2.24) is 15.0 Å². The monoisotopic (exact) mass is 256 g/mol. The summed E-state index contributed by atoms with van der Waals surface area (Å²) in [4.78, 5) is 12.8. The molecular formula is C11H20N4OS. The molecule has 0 aliphatic heterocycles. The van der Waals surface area contributed by atoms with Crippen molar-refractivity contribution in [3.8, 4) is 6.01 Å². The second-order valence-corrected chi connectivity index (χ2v) is 4.98. The van der Waals surface area contributed by atoms with Gasteiger partial charge in [0.1, 0.15) is 0 Å². The molecule has 0 spiro atoms. The van der Waals surface area contributed by atoms with Gasteiger partial charge >= 0.3 is 6.01 Å². The summed E-state index contributed by atoms with van der Waals surface area (Å²) in [6.07, 6.45) is 1.10. The van der Waals surface area contributed by atoms with Gasteiger partial charge in [0.15, 0.2) is 5.16 Å². The molecule has 0 bridgehead atoms. The van der Waals surface area contributed by atoms with Gasteiger partial charge in [0.05, 0.1) is 6.10 Å². The van der Waals surface area contributed by atoms with Crippen LogP contribution in [0, 0.1) is 0 Å². The SMILES string of the molecule is CCCNc1nc(OC(C)C)nc(SCC)n1. The molecule has 17 heavy (non-hydrogen) atoms. The summed E-state index contributed by atoms with van der Waals surface area (Å²) in [7, 11) is 0. The van der Waals surface area contributed by atoms with E-state index >= 15 is 0 Å². The number of anilines is 1. The lowest BCUT2D eigenvalue weighted by atomic mass is 10.5. The minimum atomic E-state index is 0.0656. The van der Waals surface area contributed by atoms with Gasteiger partial charge in [0, 0.05) is 6.54 Å². The number of hydrogen-bond acceptors (Lipinski definition) is 6. The minimum absolute atomic E-state index is 0.0656. The van der Waals surface area contributed by atoms with E-state index in [1.807, 2.05) is 13.8 Å². The fourth-order valence-corrected chi connectivity index (χ4v) is 1.66. The van der Waals surface area contributed by atoms with Gasteiger partial charge < -0.3 is 10.1 Å². The molecule has 0 aliphatic carbocycles. The second kappa shape index (κ2) is 7.32. The summed E-state index contributed by atoms with van der Waals surface area (Å²) in [6.45, 7) is 8.92. The molecule has 0 aliphatic rings. The fourth-order valence-electron chi connectivity index (χ4n) is 1.11. The van der Waals surface area contributed by atoms with E-state index < -0.39 is 0 Å². The van der Waals surface area contributed by atoms with Crippen LogP contribution in [0.25, 0.3) is 0 Å². The highest BCUT2D eigenvalue weighted by Gasteiger charge is 2.08. The van der Waals surface area contributed by atoms with Gasteiger partial charge in [-0.25, -0.2) is 0 Å². The first kappa shape index (κ1) is 14.0. The lowest BCUT2D eigenvalue weighted by Crippen LogP contribution is -2.12. The van der Waals surface area contributed by atoms with Crippen LogP contribution in [0.2, 0.25) is 0 Å². The molecule has 1 aromatic rings. The Morgan fingerprint density at radius 1 is 1.24 bits per heavy atom. The fraction of sp³-hybridized carbons (Fsp3) is 0.727. The third-order valence-corrected chi connectivity index (χ3v) is 2.47. The zero-order valence-electron chi connectivity index (χ0n) is 10.9. The Hall–Kier alpha value is -1.04. The summed E-state index contributed by atoms with van der Waals surface area (Å²) >= 11 is 1.58. The molecule has 0 saturated heterocycles. The summed E-state index contributed by atoms with van der Waals surface area (Å²) in [5.74, 6) is 1.52. The first-order chi connectivity index (χ1) is 8.15. The number of hydrogen-bond donors (Lipinski definition) is 1. The Kier molecular flexibility index (Phi) is 6.04. The standard InChI is InChI=1S/C11H20N4OS/c1-5-7-12-9-13-10(16-8(3)4)15-11(14-9)17-6-2/h8H,5-7H2,1-4H3,(H,12,13,14,15). The van der Waals surface area contributed by atoms with Crippen LogP contribution in [0.3, 0.4) is 0 Å². The van der Waals surface area contributed by atoms with Crippen LogP contribution < -0.4 is 10.1 Å². The van der Waals surface area contributed by atoms with Gasteiger partial charge in [-0.2, -0.15) is 15.0 Å². The van der Waals surface area contributed by atoms with Crippen molar-refractivity contribution in [3.63, 3.8) is 0 Å². The van der Waals surface area contributed by atoms with Gasteiger partial charge in [-0.3, -0.25) is 0 Å². The topological polar surface area (TPSA) is 59.9 Å². The molecule has 0 fully saturated rings. The maximum atomic E-state index is 5.51. The molecule has 96 valence electrons. The van der Waals surface area contributed by atoms with Crippen LogP contribution in [-0.2, 0) is 0 Å². The lowest BCUT2D eigenvalue weighted by molar-refractivity contribution is 0.219. The normalized spacial score (nSPS) is 10.6. The molecule has 0 radical (unpaired) electrons. The Morgan fingerprint density at radius 2 is 2.00 bits per heavy atom. The number of rotatable bonds is 7. The molecular weight excluding hydrogens is 236 g/mol. The van der Waals surface area contributed by atoms with E-state index in [1.165, 1.54) is 0 Å². The van der Waals surface area contributed by atoms with Crippen molar-refractivity contribution < 1.29 is 4.74 Å². The number of thioether (sulfide) groups is 1. The summed E-state index contributed by atoms with van der Waals surface area (Å²) in [5.41, 5.74) is 0. The average Bonchev–Trinajstić information content (AvgIpc) is 2.25. The van der Waals surface area contributed by atoms with Crippen LogP contribution >= 0.6 is 11.8 Å². The van der Waals surface area contributed by atoms with Crippen molar-refractivity contribution in [2.45, 2.75) is 45.4 Å². The van der Waals surface area contributed by atoms with Crippen LogP contribution in [0.15, 0.2) is 5.16 Å². The highest BCUT2D eigenvalue weighted by atomic mass is 32.2. The lowest BCUT2D eigenvalue weighted by Gasteiger charge is -2.10. The van der Waals surface area contributed by atoms with Gasteiger partial charge in [-0.1, -0.05) is 25.6 Å². The summed E-state index contributed by atoms with van der Waals surface area (Å²) in [6, 6.07) is 0.393.